The van der Waals surface area contributed by atoms with E-state index in [0.29, 0.717) is 12.1 Å². The van der Waals surface area contributed by atoms with Crippen LogP contribution in [0.25, 0.3) is 0 Å². The number of carbonyl (C=O) groups excluding carboxylic acids is 1. The van der Waals surface area contributed by atoms with Gasteiger partial charge in [-0.1, -0.05) is 32.0 Å². The first-order valence-electron chi connectivity index (χ1n) is 7.86. The molecule has 116 valence electrons. The van der Waals surface area contributed by atoms with E-state index >= 15 is 0 Å². The van der Waals surface area contributed by atoms with Crippen molar-refractivity contribution in [3.05, 3.63) is 29.8 Å². The molecule has 4 heteroatoms. The van der Waals surface area contributed by atoms with Crippen molar-refractivity contribution in [1.29, 1.82) is 0 Å². The SMILES string of the molecule is CC(C)NCc1ccccc1N1CC(C(N)=O)CCC1C. The Balaban J connectivity index is 2.20. The molecule has 1 saturated heterocycles. The summed E-state index contributed by atoms with van der Waals surface area (Å²) in [5.41, 5.74) is 8.02. The molecule has 1 heterocycles. The summed E-state index contributed by atoms with van der Waals surface area (Å²) >= 11 is 0. The van der Waals surface area contributed by atoms with E-state index in [9.17, 15) is 4.79 Å². The summed E-state index contributed by atoms with van der Waals surface area (Å²) in [4.78, 5) is 13.9. The van der Waals surface area contributed by atoms with Crippen LogP contribution >= 0.6 is 0 Å². The summed E-state index contributed by atoms with van der Waals surface area (Å²) in [6.07, 6.45) is 1.92. The van der Waals surface area contributed by atoms with E-state index in [-0.39, 0.29) is 11.8 Å². The molecule has 4 nitrogen and oxygen atoms in total. The number of benzene rings is 1. The second-order valence-corrected chi connectivity index (χ2v) is 6.34. The molecule has 21 heavy (non-hydrogen) atoms. The van der Waals surface area contributed by atoms with Gasteiger partial charge < -0.3 is 16.0 Å². The standard InChI is InChI=1S/C17H27N3O/c1-12(2)19-10-14-6-4-5-7-16(14)20-11-15(17(18)21)9-8-13(20)3/h4-7,12-13,15,19H,8-11H2,1-3H3,(H2,18,21). The van der Waals surface area contributed by atoms with Gasteiger partial charge in [-0.25, -0.2) is 0 Å². The zero-order valence-electron chi connectivity index (χ0n) is 13.3. The van der Waals surface area contributed by atoms with E-state index in [1.807, 2.05) is 0 Å². The zero-order chi connectivity index (χ0) is 15.4. The summed E-state index contributed by atoms with van der Waals surface area (Å²) in [5, 5.41) is 3.47. The molecular formula is C17H27N3O. The predicted octanol–water partition coefficient (Wildman–Crippen LogP) is 2.27. The molecule has 1 aliphatic rings. The third-order valence-electron chi connectivity index (χ3n) is 4.29. The van der Waals surface area contributed by atoms with E-state index in [1.54, 1.807) is 0 Å². The molecule has 1 aromatic rings. The first kappa shape index (κ1) is 15.8. The number of nitrogens with two attached hydrogens (primary N) is 1. The Labute approximate surface area is 127 Å². The maximum absolute atomic E-state index is 11.5. The number of hydrogen-bond donors (Lipinski definition) is 2. The van der Waals surface area contributed by atoms with Crippen LogP contribution in [0.1, 0.15) is 39.2 Å². The van der Waals surface area contributed by atoms with Gasteiger partial charge in [0, 0.05) is 30.9 Å². The normalized spacial score (nSPS) is 22.6. The molecule has 0 aliphatic carbocycles. The van der Waals surface area contributed by atoms with E-state index in [1.165, 1.54) is 11.3 Å². The second-order valence-electron chi connectivity index (χ2n) is 6.34. The minimum Gasteiger partial charge on any atom is -0.369 e. The lowest BCUT2D eigenvalue weighted by molar-refractivity contribution is -0.122. The Hall–Kier alpha value is -1.55. The number of hydrogen-bond acceptors (Lipinski definition) is 3. The fourth-order valence-corrected chi connectivity index (χ4v) is 2.93. The third kappa shape index (κ3) is 3.97. The van der Waals surface area contributed by atoms with Crippen LogP contribution in [0.3, 0.4) is 0 Å². The first-order valence-corrected chi connectivity index (χ1v) is 7.86. The summed E-state index contributed by atoms with van der Waals surface area (Å²) in [7, 11) is 0. The van der Waals surface area contributed by atoms with Gasteiger partial charge in [0.25, 0.3) is 0 Å². The molecule has 0 spiro atoms. The smallest absolute Gasteiger partial charge is 0.222 e. The Morgan fingerprint density at radius 3 is 2.76 bits per heavy atom. The van der Waals surface area contributed by atoms with E-state index in [4.69, 9.17) is 5.73 Å². The van der Waals surface area contributed by atoms with Crippen molar-refractivity contribution in [3.63, 3.8) is 0 Å². The number of amides is 1. The van der Waals surface area contributed by atoms with Gasteiger partial charge in [-0.2, -0.15) is 0 Å². The Morgan fingerprint density at radius 1 is 1.38 bits per heavy atom. The second kappa shape index (κ2) is 6.94. The maximum Gasteiger partial charge on any atom is 0.222 e. The number of primary amides is 1. The summed E-state index contributed by atoms with van der Waals surface area (Å²) in [6.45, 7) is 8.10. The molecule has 1 amide bonds. The van der Waals surface area contributed by atoms with Crippen LogP contribution in [0.15, 0.2) is 24.3 Å². The van der Waals surface area contributed by atoms with Crippen LogP contribution in [0.2, 0.25) is 0 Å². The lowest BCUT2D eigenvalue weighted by Gasteiger charge is -2.39. The van der Waals surface area contributed by atoms with Crippen molar-refractivity contribution in [2.24, 2.45) is 11.7 Å². The fourth-order valence-electron chi connectivity index (χ4n) is 2.93. The van der Waals surface area contributed by atoms with E-state index < -0.39 is 0 Å². The third-order valence-corrected chi connectivity index (χ3v) is 4.29. The summed E-state index contributed by atoms with van der Waals surface area (Å²) in [6, 6.07) is 9.34. The lowest BCUT2D eigenvalue weighted by Crippen LogP contribution is -2.46. The number of nitrogens with one attached hydrogen (secondary N) is 1. The van der Waals surface area contributed by atoms with Gasteiger partial charge in [-0.05, 0) is 31.4 Å². The molecule has 3 N–H and O–H groups in total. The van der Waals surface area contributed by atoms with Gasteiger partial charge in [-0.3, -0.25) is 4.79 Å². The van der Waals surface area contributed by atoms with Crippen molar-refractivity contribution in [1.82, 2.24) is 5.32 Å². The number of piperidine rings is 1. The quantitative estimate of drug-likeness (QED) is 0.874. The van der Waals surface area contributed by atoms with Gasteiger partial charge in [0.15, 0.2) is 0 Å². The largest absolute Gasteiger partial charge is 0.369 e. The average Bonchev–Trinajstić information content (AvgIpc) is 2.45. The number of anilines is 1. The Kier molecular flexibility index (Phi) is 5.23. The maximum atomic E-state index is 11.5. The highest BCUT2D eigenvalue weighted by molar-refractivity contribution is 5.77. The van der Waals surface area contributed by atoms with Crippen molar-refractivity contribution >= 4 is 11.6 Å². The number of para-hydroxylation sites is 1. The van der Waals surface area contributed by atoms with Crippen LogP contribution in [0.5, 0.6) is 0 Å². The molecule has 0 aromatic heterocycles. The van der Waals surface area contributed by atoms with Crippen LogP contribution in [-0.4, -0.2) is 24.5 Å². The summed E-state index contributed by atoms with van der Waals surface area (Å²) < 4.78 is 0. The molecule has 1 fully saturated rings. The van der Waals surface area contributed by atoms with Crippen LogP contribution in [0.4, 0.5) is 5.69 Å². The van der Waals surface area contributed by atoms with Crippen molar-refractivity contribution in [3.8, 4) is 0 Å². The molecule has 0 saturated carbocycles. The van der Waals surface area contributed by atoms with Gasteiger partial charge in [0.1, 0.15) is 0 Å². The molecular weight excluding hydrogens is 262 g/mol. The number of nitrogens with zero attached hydrogens (tertiary/aromatic N) is 1. The minimum atomic E-state index is -0.176. The van der Waals surface area contributed by atoms with Crippen LogP contribution in [-0.2, 0) is 11.3 Å². The molecule has 2 rings (SSSR count). The van der Waals surface area contributed by atoms with E-state index in [2.05, 4.69) is 55.3 Å². The zero-order valence-corrected chi connectivity index (χ0v) is 13.3. The van der Waals surface area contributed by atoms with Gasteiger partial charge in [-0.15, -0.1) is 0 Å². The van der Waals surface area contributed by atoms with Crippen molar-refractivity contribution < 1.29 is 4.79 Å². The average molecular weight is 289 g/mol. The highest BCUT2D eigenvalue weighted by atomic mass is 16.1. The molecule has 2 unspecified atom stereocenters. The van der Waals surface area contributed by atoms with Gasteiger partial charge in [0.05, 0.1) is 5.92 Å². The Bertz CT molecular complexity index is 487. The fraction of sp³-hybridized carbons (Fsp3) is 0.588. The highest BCUT2D eigenvalue weighted by Gasteiger charge is 2.29. The molecule has 0 radical (unpaired) electrons. The van der Waals surface area contributed by atoms with Crippen LogP contribution < -0.4 is 16.0 Å². The van der Waals surface area contributed by atoms with Gasteiger partial charge in [0.2, 0.25) is 5.91 Å². The number of rotatable bonds is 5. The predicted molar refractivity (Wildman–Crippen MR) is 87.1 cm³/mol. The molecule has 0 bridgehead atoms. The van der Waals surface area contributed by atoms with Crippen molar-refractivity contribution in [2.75, 3.05) is 11.4 Å². The summed E-state index contributed by atoms with van der Waals surface area (Å²) in [5.74, 6) is -0.211. The van der Waals surface area contributed by atoms with Crippen LogP contribution in [0, 0.1) is 5.92 Å². The highest BCUT2D eigenvalue weighted by Crippen LogP contribution is 2.30. The minimum absolute atomic E-state index is 0.0349. The van der Waals surface area contributed by atoms with Crippen molar-refractivity contribution in [2.45, 2.75) is 52.2 Å². The van der Waals surface area contributed by atoms with E-state index in [0.717, 1.165) is 25.9 Å². The molecule has 2 atom stereocenters. The lowest BCUT2D eigenvalue weighted by atomic mass is 9.92. The van der Waals surface area contributed by atoms with Gasteiger partial charge >= 0.3 is 0 Å². The Morgan fingerprint density at radius 2 is 2.10 bits per heavy atom. The monoisotopic (exact) mass is 289 g/mol. The number of carbonyl (C=O) groups is 1. The topological polar surface area (TPSA) is 58.4 Å². The molecule has 1 aromatic carbocycles. The molecule has 1 aliphatic heterocycles. The first-order chi connectivity index (χ1) is 9.99.